The van der Waals surface area contributed by atoms with Crippen LogP contribution in [0.4, 0.5) is 0 Å². The lowest BCUT2D eigenvalue weighted by Crippen LogP contribution is -2.48. The van der Waals surface area contributed by atoms with Gasteiger partial charge in [0.05, 0.1) is 77.9 Å². The van der Waals surface area contributed by atoms with Crippen LogP contribution in [0.15, 0.2) is 0 Å². The van der Waals surface area contributed by atoms with Crippen molar-refractivity contribution < 1.29 is 47.7 Å². The highest BCUT2D eigenvalue weighted by atomic mass is 16.6. The molecular formula is C33H63N2O9+. The Bertz CT molecular complexity index is 816. The van der Waals surface area contributed by atoms with E-state index >= 15 is 0 Å². The molecule has 0 aromatic heterocycles. The topological polar surface area (TPSA) is 121 Å². The maximum absolute atomic E-state index is 12.8. The second-order valence-corrected chi connectivity index (χ2v) is 13.3. The van der Waals surface area contributed by atoms with Gasteiger partial charge in [0.1, 0.15) is 0 Å². The third kappa shape index (κ3) is 18.5. The number of aliphatic hydroxyl groups is 1. The van der Waals surface area contributed by atoms with Gasteiger partial charge in [-0.3, -0.25) is 19.0 Å². The number of ether oxygens (including phenoxy) is 5. The van der Waals surface area contributed by atoms with Crippen molar-refractivity contribution in [2.24, 2.45) is 5.92 Å². The number of amides is 3. The van der Waals surface area contributed by atoms with E-state index in [1.807, 2.05) is 21.0 Å². The number of imide groups is 1. The number of nitrogens with zero attached hydrogens (tertiary/aromatic N) is 2. The standard InChI is InChI=1S/C33H63N2O9/c1-8-9-18-41-22-23-43-29(13-10-11-19-40-21-15-28(3)44-26-33(4,5)39)25-42-20-12-17-35(6,7)31(37)14-16-34-30(36)24-27(2)32(34)38/h27-29,39H,8-26H2,1-7H3/q+1. The van der Waals surface area contributed by atoms with Crippen LogP contribution in [0.1, 0.15) is 92.4 Å². The van der Waals surface area contributed by atoms with Gasteiger partial charge in [-0.25, -0.2) is 4.79 Å². The van der Waals surface area contributed by atoms with Crippen LogP contribution < -0.4 is 0 Å². The van der Waals surface area contributed by atoms with Crippen LogP contribution in [-0.2, 0) is 38.1 Å². The summed E-state index contributed by atoms with van der Waals surface area (Å²) in [4.78, 5) is 38.2. The largest absolute Gasteiger partial charge is 0.388 e. The predicted molar refractivity (Wildman–Crippen MR) is 169 cm³/mol. The van der Waals surface area contributed by atoms with Crippen molar-refractivity contribution >= 4 is 17.7 Å². The summed E-state index contributed by atoms with van der Waals surface area (Å²) in [7, 11) is 3.71. The highest BCUT2D eigenvalue weighted by molar-refractivity contribution is 6.03. The zero-order valence-electron chi connectivity index (χ0n) is 28.8. The van der Waals surface area contributed by atoms with Crippen molar-refractivity contribution in [3.8, 4) is 0 Å². The lowest BCUT2D eigenvalue weighted by atomic mass is 10.1. The van der Waals surface area contributed by atoms with Crippen molar-refractivity contribution in [2.45, 2.75) is 110 Å². The maximum Gasteiger partial charge on any atom is 0.315 e. The minimum Gasteiger partial charge on any atom is -0.388 e. The monoisotopic (exact) mass is 631 g/mol. The van der Waals surface area contributed by atoms with Crippen LogP contribution >= 0.6 is 0 Å². The van der Waals surface area contributed by atoms with E-state index in [1.54, 1.807) is 20.8 Å². The van der Waals surface area contributed by atoms with E-state index in [2.05, 4.69) is 6.92 Å². The summed E-state index contributed by atoms with van der Waals surface area (Å²) in [6.07, 6.45) is 6.75. The van der Waals surface area contributed by atoms with Crippen LogP contribution in [0.5, 0.6) is 0 Å². The fourth-order valence-corrected chi connectivity index (χ4v) is 4.69. The van der Waals surface area contributed by atoms with Crippen molar-refractivity contribution in [3.63, 3.8) is 0 Å². The summed E-state index contributed by atoms with van der Waals surface area (Å²) in [5.41, 5.74) is -0.826. The Morgan fingerprint density at radius 1 is 0.955 bits per heavy atom. The SMILES string of the molecule is CCCCOCCOC(CCCCOCCC(C)OCC(C)(C)O)COCCC[N+](C)(C)C(=O)CCN1C(=O)CC(C)C1=O. The number of carbonyl (C=O) groups excluding carboxylic acids is 3. The number of quaternary nitrogens is 1. The molecule has 11 nitrogen and oxygen atoms in total. The van der Waals surface area contributed by atoms with Crippen molar-refractivity contribution in [3.05, 3.63) is 0 Å². The van der Waals surface area contributed by atoms with Crippen LogP contribution in [0.3, 0.4) is 0 Å². The molecule has 0 radical (unpaired) electrons. The quantitative estimate of drug-likeness (QED) is 0.0821. The van der Waals surface area contributed by atoms with E-state index in [-0.39, 0.29) is 59.7 Å². The second-order valence-electron chi connectivity index (χ2n) is 13.3. The highest BCUT2D eigenvalue weighted by Gasteiger charge is 2.36. The number of hydrogen-bond donors (Lipinski definition) is 1. The lowest BCUT2D eigenvalue weighted by Gasteiger charge is -2.27. The minimum atomic E-state index is -0.826. The van der Waals surface area contributed by atoms with E-state index in [0.29, 0.717) is 59.2 Å². The van der Waals surface area contributed by atoms with Crippen LogP contribution in [0.2, 0.25) is 0 Å². The van der Waals surface area contributed by atoms with Gasteiger partial charge in [-0.05, 0) is 52.9 Å². The van der Waals surface area contributed by atoms with Gasteiger partial charge in [0.2, 0.25) is 11.8 Å². The van der Waals surface area contributed by atoms with Gasteiger partial charge in [0.15, 0.2) is 0 Å². The molecule has 0 aromatic rings. The fourth-order valence-electron chi connectivity index (χ4n) is 4.69. The van der Waals surface area contributed by atoms with Gasteiger partial charge < -0.3 is 28.8 Å². The first-order chi connectivity index (χ1) is 20.8. The van der Waals surface area contributed by atoms with Crippen molar-refractivity contribution in [2.75, 3.05) is 80.0 Å². The Morgan fingerprint density at radius 2 is 1.64 bits per heavy atom. The molecule has 1 heterocycles. The van der Waals surface area contributed by atoms with Gasteiger partial charge >= 0.3 is 5.91 Å². The molecule has 0 aliphatic carbocycles. The highest BCUT2D eigenvalue weighted by Crippen LogP contribution is 2.19. The predicted octanol–water partition coefficient (Wildman–Crippen LogP) is 3.74. The molecule has 44 heavy (non-hydrogen) atoms. The van der Waals surface area contributed by atoms with Crippen LogP contribution in [-0.4, -0.2) is 130 Å². The summed E-state index contributed by atoms with van der Waals surface area (Å²) in [6, 6.07) is 0. The van der Waals surface area contributed by atoms with Gasteiger partial charge in [-0.15, -0.1) is 0 Å². The molecule has 3 atom stereocenters. The Hall–Kier alpha value is -1.47. The zero-order chi connectivity index (χ0) is 33.0. The van der Waals surface area contributed by atoms with Crippen LogP contribution in [0, 0.1) is 5.92 Å². The Balaban J connectivity index is 2.32. The molecule has 1 N–H and O–H groups in total. The zero-order valence-corrected chi connectivity index (χ0v) is 28.8. The lowest BCUT2D eigenvalue weighted by molar-refractivity contribution is -0.814. The smallest absolute Gasteiger partial charge is 0.315 e. The third-order valence-electron chi connectivity index (χ3n) is 7.68. The first-order valence-electron chi connectivity index (χ1n) is 16.7. The molecule has 0 aromatic carbocycles. The van der Waals surface area contributed by atoms with Gasteiger partial charge in [0, 0.05) is 45.1 Å². The average molecular weight is 632 g/mol. The van der Waals surface area contributed by atoms with Crippen molar-refractivity contribution in [1.82, 2.24) is 4.90 Å². The van der Waals surface area contributed by atoms with E-state index in [4.69, 9.17) is 23.7 Å². The first kappa shape index (κ1) is 40.6. The molecule has 258 valence electrons. The number of rotatable bonds is 27. The van der Waals surface area contributed by atoms with Crippen molar-refractivity contribution in [1.29, 1.82) is 0 Å². The number of unbranched alkanes of at least 4 members (excludes halogenated alkanes) is 2. The molecular weight excluding hydrogens is 568 g/mol. The maximum atomic E-state index is 12.8. The molecule has 1 rings (SSSR count). The van der Waals surface area contributed by atoms with E-state index < -0.39 is 5.60 Å². The normalized spacial score (nSPS) is 17.5. The van der Waals surface area contributed by atoms with E-state index in [0.717, 1.165) is 45.1 Å². The summed E-state index contributed by atoms with van der Waals surface area (Å²) < 4.78 is 29.3. The molecule has 3 amide bonds. The molecule has 1 aliphatic rings. The number of carbonyl (C=O) groups is 3. The molecule has 1 saturated heterocycles. The Kier molecular flexibility index (Phi) is 20.4. The Morgan fingerprint density at radius 3 is 2.30 bits per heavy atom. The van der Waals surface area contributed by atoms with Gasteiger partial charge in [-0.1, -0.05) is 20.3 Å². The fraction of sp³-hybridized carbons (Fsp3) is 0.909. The second kappa shape index (κ2) is 22.1. The summed E-state index contributed by atoms with van der Waals surface area (Å²) in [5, 5.41) is 9.77. The van der Waals surface area contributed by atoms with Gasteiger partial charge in [0.25, 0.3) is 0 Å². The third-order valence-corrected chi connectivity index (χ3v) is 7.68. The molecule has 0 spiro atoms. The van der Waals surface area contributed by atoms with E-state index in [1.165, 1.54) is 4.90 Å². The van der Waals surface area contributed by atoms with E-state index in [9.17, 15) is 19.5 Å². The Labute approximate surface area is 266 Å². The van der Waals surface area contributed by atoms with Gasteiger partial charge in [-0.2, -0.15) is 0 Å². The molecule has 0 saturated carbocycles. The molecule has 1 fully saturated rings. The molecule has 1 aliphatic heterocycles. The average Bonchev–Trinajstić information content (AvgIpc) is 3.20. The summed E-state index contributed by atoms with van der Waals surface area (Å²) in [6.45, 7) is 14.5. The number of hydrogen-bond acceptors (Lipinski definition) is 9. The molecule has 0 bridgehead atoms. The first-order valence-corrected chi connectivity index (χ1v) is 16.7. The minimum absolute atomic E-state index is 0.00672. The van der Waals surface area contributed by atoms with Crippen LogP contribution in [0.25, 0.3) is 0 Å². The molecule has 3 unspecified atom stereocenters. The number of likely N-dealkylation sites (tertiary alicyclic amines) is 1. The summed E-state index contributed by atoms with van der Waals surface area (Å²) in [5.74, 6) is -0.673. The summed E-state index contributed by atoms with van der Waals surface area (Å²) >= 11 is 0. The molecule has 11 heteroatoms.